The Labute approximate surface area is 166 Å². The van der Waals surface area contributed by atoms with Gasteiger partial charge in [0.1, 0.15) is 16.7 Å². The highest BCUT2D eigenvalue weighted by Gasteiger charge is 2.40. The van der Waals surface area contributed by atoms with Crippen molar-refractivity contribution in [2.75, 3.05) is 4.90 Å². The first-order valence-corrected chi connectivity index (χ1v) is 9.42. The zero-order chi connectivity index (χ0) is 19.6. The van der Waals surface area contributed by atoms with Gasteiger partial charge in [-0.25, -0.2) is 0 Å². The van der Waals surface area contributed by atoms with Crippen LogP contribution >= 0.6 is 23.4 Å². The van der Waals surface area contributed by atoms with Gasteiger partial charge >= 0.3 is 0 Å². The van der Waals surface area contributed by atoms with Crippen LogP contribution in [0.3, 0.4) is 0 Å². The number of primary amides is 1. The van der Waals surface area contributed by atoms with Crippen molar-refractivity contribution >= 4 is 40.9 Å². The van der Waals surface area contributed by atoms with E-state index in [-0.39, 0.29) is 16.5 Å². The highest BCUT2D eigenvalue weighted by Crippen LogP contribution is 2.41. The average Bonchev–Trinajstić information content (AvgIpc) is 2.92. The van der Waals surface area contributed by atoms with Crippen molar-refractivity contribution in [2.24, 2.45) is 5.73 Å². The van der Waals surface area contributed by atoms with Crippen LogP contribution in [0.1, 0.15) is 11.1 Å². The van der Waals surface area contributed by atoms with Gasteiger partial charge in [-0.2, -0.15) is 5.26 Å². The normalized spacial score (nSPS) is 18.3. The predicted molar refractivity (Wildman–Crippen MR) is 107 cm³/mol. The Kier molecular flexibility index (Phi) is 5.54. The minimum absolute atomic E-state index is 0.201. The zero-order valence-corrected chi connectivity index (χ0v) is 16.1. The summed E-state index contributed by atoms with van der Waals surface area (Å²) in [5.41, 5.74) is 7.68. The van der Waals surface area contributed by atoms with Crippen LogP contribution in [0.5, 0.6) is 0 Å². The summed E-state index contributed by atoms with van der Waals surface area (Å²) in [6.45, 7) is 1.94. The Morgan fingerprint density at radius 2 is 2.00 bits per heavy atom. The molecule has 5 nitrogen and oxygen atoms in total. The van der Waals surface area contributed by atoms with E-state index in [1.807, 2.05) is 37.3 Å². The lowest BCUT2D eigenvalue weighted by atomic mass is 10.1. The quantitative estimate of drug-likeness (QED) is 0.631. The first-order chi connectivity index (χ1) is 12.9. The second kappa shape index (κ2) is 7.87. The van der Waals surface area contributed by atoms with Gasteiger partial charge in [0.05, 0.1) is 5.25 Å². The fraction of sp³-hybridized carbons (Fsp3) is 0.150. The first kappa shape index (κ1) is 19.0. The van der Waals surface area contributed by atoms with Crippen LogP contribution in [-0.4, -0.2) is 17.1 Å². The Bertz CT molecular complexity index is 979. The molecule has 27 heavy (non-hydrogen) atoms. The number of carbonyl (C=O) groups excluding carboxylic acids is 2. The molecule has 1 fully saturated rings. The SMILES string of the molecule is Cc1ccc(N2C(=O)C(Cc3cccc(Cl)c3)S/C2=C(/C#N)C(N)=O)cc1. The molecule has 2 aromatic rings. The van der Waals surface area contributed by atoms with Crippen molar-refractivity contribution in [2.45, 2.75) is 18.6 Å². The number of aryl methyl sites for hydroxylation is 1. The third kappa shape index (κ3) is 4.00. The van der Waals surface area contributed by atoms with E-state index in [1.54, 1.807) is 24.3 Å². The smallest absolute Gasteiger partial charge is 0.262 e. The third-order valence-electron chi connectivity index (χ3n) is 4.13. The maximum atomic E-state index is 13.1. The van der Waals surface area contributed by atoms with Crippen LogP contribution in [0.4, 0.5) is 5.69 Å². The summed E-state index contributed by atoms with van der Waals surface area (Å²) in [5, 5.41) is 9.76. The number of hydrogen-bond donors (Lipinski definition) is 1. The molecule has 3 rings (SSSR count). The summed E-state index contributed by atoms with van der Waals surface area (Å²) in [6.07, 6.45) is 0.424. The molecule has 0 spiro atoms. The number of hydrogen-bond acceptors (Lipinski definition) is 4. The standard InChI is InChI=1S/C20H16ClN3O2S/c1-12-5-7-15(8-6-12)24-19(26)17(10-13-3-2-4-14(21)9-13)27-20(24)16(11-22)18(23)25/h2-9,17H,10H2,1H3,(H2,23,25)/b20-16-. The van der Waals surface area contributed by atoms with Crippen LogP contribution < -0.4 is 10.6 Å². The summed E-state index contributed by atoms with van der Waals surface area (Å²) in [4.78, 5) is 26.3. The first-order valence-electron chi connectivity index (χ1n) is 8.16. The average molecular weight is 398 g/mol. The predicted octanol–water partition coefficient (Wildman–Crippen LogP) is 3.56. The van der Waals surface area contributed by atoms with Crippen LogP contribution in [0.15, 0.2) is 59.1 Å². The van der Waals surface area contributed by atoms with Crippen LogP contribution in [0, 0.1) is 18.3 Å². The summed E-state index contributed by atoms with van der Waals surface area (Å²) in [5.74, 6) is -1.05. The molecule has 1 unspecified atom stereocenters. The maximum absolute atomic E-state index is 13.1. The molecule has 0 aromatic heterocycles. The van der Waals surface area contributed by atoms with E-state index in [9.17, 15) is 14.9 Å². The minimum Gasteiger partial charge on any atom is -0.365 e. The molecule has 0 saturated carbocycles. The molecule has 136 valence electrons. The van der Waals surface area contributed by atoms with Crippen molar-refractivity contribution < 1.29 is 9.59 Å². The van der Waals surface area contributed by atoms with E-state index in [4.69, 9.17) is 17.3 Å². The Balaban J connectivity index is 2.03. The molecule has 1 atom stereocenters. The van der Waals surface area contributed by atoms with E-state index < -0.39 is 11.2 Å². The number of amides is 2. The van der Waals surface area contributed by atoms with Crippen molar-refractivity contribution in [3.63, 3.8) is 0 Å². The van der Waals surface area contributed by atoms with E-state index in [2.05, 4.69) is 0 Å². The number of carbonyl (C=O) groups is 2. The number of halogens is 1. The van der Waals surface area contributed by atoms with E-state index in [0.29, 0.717) is 17.1 Å². The Morgan fingerprint density at radius 3 is 2.59 bits per heavy atom. The number of benzene rings is 2. The van der Waals surface area contributed by atoms with Gasteiger partial charge in [-0.3, -0.25) is 14.5 Å². The molecule has 2 amide bonds. The number of rotatable bonds is 4. The van der Waals surface area contributed by atoms with Crippen molar-refractivity contribution in [3.05, 3.63) is 75.3 Å². The van der Waals surface area contributed by atoms with Gasteiger partial charge in [0.15, 0.2) is 0 Å². The molecule has 1 aliphatic rings. The topological polar surface area (TPSA) is 87.2 Å². The Morgan fingerprint density at radius 1 is 1.30 bits per heavy atom. The summed E-state index contributed by atoms with van der Waals surface area (Å²) < 4.78 is 0. The molecule has 0 aliphatic carbocycles. The summed E-state index contributed by atoms with van der Waals surface area (Å²) >= 11 is 7.21. The van der Waals surface area contributed by atoms with Gasteiger partial charge in [0.2, 0.25) is 5.91 Å². The Hall–Kier alpha value is -2.75. The van der Waals surface area contributed by atoms with Gasteiger partial charge in [0, 0.05) is 10.7 Å². The fourth-order valence-electron chi connectivity index (χ4n) is 2.81. The van der Waals surface area contributed by atoms with Gasteiger partial charge in [-0.05, 0) is 43.2 Å². The molecule has 0 radical (unpaired) electrons. The highest BCUT2D eigenvalue weighted by molar-refractivity contribution is 8.05. The monoisotopic (exact) mass is 397 g/mol. The van der Waals surface area contributed by atoms with Crippen LogP contribution in [-0.2, 0) is 16.0 Å². The molecular formula is C20H16ClN3O2S. The van der Waals surface area contributed by atoms with E-state index in [0.717, 1.165) is 11.1 Å². The minimum atomic E-state index is -0.853. The lowest BCUT2D eigenvalue weighted by molar-refractivity contribution is -0.117. The lowest BCUT2D eigenvalue weighted by Gasteiger charge is -2.18. The summed E-state index contributed by atoms with van der Waals surface area (Å²) in [6, 6.07) is 16.4. The fourth-order valence-corrected chi connectivity index (χ4v) is 4.34. The van der Waals surface area contributed by atoms with Gasteiger partial charge < -0.3 is 5.73 Å². The number of nitrogens with zero attached hydrogens (tertiary/aromatic N) is 2. The van der Waals surface area contributed by atoms with Gasteiger partial charge in [-0.15, -0.1) is 0 Å². The van der Waals surface area contributed by atoms with Crippen molar-refractivity contribution in [1.82, 2.24) is 0 Å². The van der Waals surface area contributed by atoms with Gasteiger partial charge in [-0.1, -0.05) is 53.2 Å². The van der Waals surface area contributed by atoms with Crippen molar-refractivity contribution in [3.8, 4) is 6.07 Å². The lowest BCUT2D eigenvalue weighted by Crippen LogP contribution is -2.31. The summed E-state index contributed by atoms with van der Waals surface area (Å²) in [7, 11) is 0. The molecule has 2 aromatic carbocycles. The molecule has 2 N–H and O–H groups in total. The number of anilines is 1. The number of nitrogens with two attached hydrogens (primary N) is 1. The molecule has 1 aliphatic heterocycles. The van der Waals surface area contributed by atoms with Gasteiger partial charge in [0.25, 0.3) is 5.91 Å². The highest BCUT2D eigenvalue weighted by atomic mass is 35.5. The number of thioether (sulfide) groups is 1. The second-order valence-corrected chi connectivity index (χ2v) is 7.73. The van der Waals surface area contributed by atoms with Crippen LogP contribution in [0.2, 0.25) is 5.02 Å². The molecule has 1 heterocycles. The maximum Gasteiger partial charge on any atom is 0.262 e. The molecular weight excluding hydrogens is 382 g/mol. The largest absolute Gasteiger partial charge is 0.365 e. The van der Waals surface area contributed by atoms with Crippen LogP contribution in [0.25, 0.3) is 0 Å². The van der Waals surface area contributed by atoms with E-state index >= 15 is 0 Å². The molecule has 1 saturated heterocycles. The second-order valence-electron chi connectivity index (χ2n) is 6.11. The number of nitriles is 1. The van der Waals surface area contributed by atoms with E-state index in [1.165, 1.54) is 16.7 Å². The van der Waals surface area contributed by atoms with Crippen molar-refractivity contribution in [1.29, 1.82) is 5.26 Å². The third-order valence-corrected chi connectivity index (χ3v) is 5.63. The molecule has 0 bridgehead atoms. The zero-order valence-electron chi connectivity index (χ0n) is 14.5. The molecule has 7 heteroatoms.